The molecule has 0 aliphatic carbocycles. The van der Waals surface area contributed by atoms with Gasteiger partial charge in [0.05, 0.1) is 17.9 Å². The second-order valence-electron chi connectivity index (χ2n) is 8.33. The number of nitrogens with one attached hydrogen (secondary N) is 2. The van der Waals surface area contributed by atoms with Gasteiger partial charge in [-0.25, -0.2) is 26.5 Å². The van der Waals surface area contributed by atoms with Crippen LogP contribution in [0, 0.1) is 11.6 Å². The average Bonchev–Trinajstić information content (AvgIpc) is 2.72. The first-order chi connectivity index (χ1) is 14.3. The van der Waals surface area contributed by atoms with Crippen LogP contribution in [-0.4, -0.2) is 48.1 Å². The Morgan fingerprint density at radius 3 is 2.55 bits per heavy atom. The van der Waals surface area contributed by atoms with E-state index in [1.165, 1.54) is 45.2 Å². The second kappa shape index (κ2) is 7.90. The van der Waals surface area contributed by atoms with E-state index in [0.29, 0.717) is 0 Å². The smallest absolute Gasteiger partial charge is 0.274 e. The summed E-state index contributed by atoms with van der Waals surface area (Å²) in [6.07, 6.45) is -0.0746. The molecule has 168 valence electrons. The molecule has 1 aliphatic heterocycles. The minimum absolute atomic E-state index is 0.0133. The summed E-state index contributed by atoms with van der Waals surface area (Å²) < 4.78 is 53.5. The van der Waals surface area contributed by atoms with E-state index < -0.39 is 44.0 Å². The zero-order valence-electron chi connectivity index (χ0n) is 17.6. The summed E-state index contributed by atoms with van der Waals surface area (Å²) >= 11 is 0. The highest BCUT2D eigenvalue weighted by molar-refractivity contribution is 7.90. The minimum atomic E-state index is -3.77. The van der Waals surface area contributed by atoms with Gasteiger partial charge >= 0.3 is 0 Å². The third kappa shape index (κ3) is 4.18. The number of anilines is 1. The Bertz CT molecular complexity index is 1110. The molecule has 4 N–H and O–H groups in total. The van der Waals surface area contributed by atoms with Crippen LogP contribution in [0.3, 0.4) is 0 Å². The lowest BCUT2D eigenvalue weighted by Crippen LogP contribution is -2.60. The predicted molar refractivity (Wildman–Crippen MR) is 113 cm³/mol. The largest absolute Gasteiger partial charge is 0.321 e. The first-order valence-corrected chi connectivity index (χ1v) is 10.9. The maximum absolute atomic E-state index is 14.9. The Kier molecular flexibility index (Phi) is 5.91. The number of likely N-dealkylation sites (N-methyl/N-ethyl adjacent to an activating group) is 1. The van der Waals surface area contributed by atoms with Crippen LogP contribution in [0.1, 0.15) is 36.8 Å². The number of rotatable bonds is 3. The molecular weight excluding hydrogens is 428 g/mol. The first-order valence-electron chi connectivity index (χ1n) is 9.50. The van der Waals surface area contributed by atoms with Crippen LogP contribution in [0.2, 0.25) is 0 Å². The molecule has 0 spiro atoms. The van der Waals surface area contributed by atoms with Gasteiger partial charge in [0.25, 0.3) is 5.91 Å². The van der Waals surface area contributed by atoms with Gasteiger partial charge < -0.3 is 11.1 Å². The van der Waals surface area contributed by atoms with Crippen molar-refractivity contribution in [2.45, 2.75) is 37.2 Å². The van der Waals surface area contributed by atoms with Gasteiger partial charge in [-0.3, -0.25) is 10.1 Å². The number of nitrogens with zero attached hydrogens (tertiary/aromatic N) is 2. The van der Waals surface area contributed by atoms with E-state index >= 15 is 0 Å². The van der Waals surface area contributed by atoms with Crippen molar-refractivity contribution in [3.8, 4) is 0 Å². The summed E-state index contributed by atoms with van der Waals surface area (Å²) in [5.74, 6) is -1.77. The lowest BCUT2D eigenvalue weighted by atomic mass is 9.89. The molecule has 11 heteroatoms. The standard InChI is InChI=1S/C20H25F2N5O3S/c1-19(2)18(23)26-20(3,11-27(4)31(19,29)30)14-9-13(6-7-15(14)22)25-17(28)16-8-5-12(21)10-24-16/h5-10,18,26H,11,23H2,1-4H3,(H,25,28)/t18?,20-/m0/s1. The number of aromatic nitrogens is 1. The van der Waals surface area contributed by atoms with Crippen molar-refractivity contribution < 1.29 is 22.0 Å². The maximum atomic E-state index is 14.9. The Hall–Kier alpha value is -2.47. The summed E-state index contributed by atoms with van der Waals surface area (Å²) in [6.45, 7) is 4.57. The van der Waals surface area contributed by atoms with Gasteiger partial charge in [0.2, 0.25) is 10.0 Å². The van der Waals surface area contributed by atoms with E-state index in [0.717, 1.165) is 16.6 Å². The van der Waals surface area contributed by atoms with Crippen LogP contribution < -0.4 is 16.4 Å². The fraction of sp³-hybridized carbons (Fsp3) is 0.400. The molecule has 1 unspecified atom stereocenters. The van der Waals surface area contributed by atoms with Crippen LogP contribution in [0.15, 0.2) is 36.5 Å². The number of hydrogen-bond acceptors (Lipinski definition) is 6. The topological polar surface area (TPSA) is 117 Å². The molecular formula is C20H25F2N5O3S. The van der Waals surface area contributed by atoms with Gasteiger partial charge in [0, 0.05) is 24.8 Å². The average molecular weight is 454 g/mol. The zero-order valence-corrected chi connectivity index (χ0v) is 18.4. The van der Waals surface area contributed by atoms with Crippen LogP contribution in [0.4, 0.5) is 14.5 Å². The van der Waals surface area contributed by atoms with Gasteiger partial charge in [-0.1, -0.05) is 0 Å². The molecule has 1 fully saturated rings. The number of carbonyl (C=O) groups excluding carboxylic acids is 1. The van der Waals surface area contributed by atoms with Crippen molar-refractivity contribution in [1.29, 1.82) is 0 Å². The van der Waals surface area contributed by atoms with Gasteiger partial charge in [-0.05, 0) is 51.1 Å². The number of amides is 1. The van der Waals surface area contributed by atoms with E-state index in [2.05, 4.69) is 15.6 Å². The monoisotopic (exact) mass is 453 g/mol. The molecule has 1 aromatic carbocycles. The lowest BCUT2D eigenvalue weighted by molar-refractivity contribution is 0.102. The Morgan fingerprint density at radius 1 is 1.26 bits per heavy atom. The van der Waals surface area contributed by atoms with E-state index in [9.17, 15) is 22.0 Å². The van der Waals surface area contributed by atoms with Crippen LogP contribution in [0.25, 0.3) is 0 Å². The SMILES string of the molecule is CN1C[C@@](C)(c2cc(NC(=O)c3ccc(F)cn3)ccc2F)NC(N)C(C)(C)S1(=O)=O. The number of pyridine rings is 1. The molecule has 31 heavy (non-hydrogen) atoms. The van der Waals surface area contributed by atoms with Crippen molar-refractivity contribution in [1.82, 2.24) is 14.6 Å². The van der Waals surface area contributed by atoms with Gasteiger partial charge in [-0.2, -0.15) is 0 Å². The summed E-state index contributed by atoms with van der Waals surface area (Å²) in [5, 5.41) is 5.65. The van der Waals surface area contributed by atoms with Crippen molar-refractivity contribution in [2.24, 2.45) is 5.73 Å². The van der Waals surface area contributed by atoms with E-state index in [1.807, 2.05) is 0 Å². The fourth-order valence-corrected chi connectivity index (χ4v) is 5.16. The summed E-state index contributed by atoms with van der Waals surface area (Å²) in [7, 11) is -2.36. The number of hydrogen-bond donors (Lipinski definition) is 3. The molecule has 1 amide bonds. The quantitative estimate of drug-likeness (QED) is 0.652. The summed E-state index contributed by atoms with van der Waals surface area (Å²) in [4.78, 5) is 16.1. The second-order valence-corrected chi connectivity index (χ2v) is 11.0. The highest BCUT2D eigenvalue weighted by Gasteiger charge is 2.50. The van der Waals surface area contributed by atoms with Crippen LogP contribution in [0.5, 0.6) is 0 Å². The minimum Gasteiger partial charge on any atom is -0.321 e. The van der Waals surface area contributed by atoms with Gasteiger partial charge in [-0.15, -0.1) is 0 Å². The predicted octanol–water partition coefficient (Wildman–Crippen LogP) is 1.76. The summed E-state index contributed by atoms with van der Waals surface area (Å²) in [6, 6.07) is 6.28. The van der Waals surface area contributed by atoms with E-state index in [-0.39, 0.29) is 23.5 Å². The molecule has 1 aromatic heterocycles. The number of halogens is 2. The number of nitrogens with two attached hydrogens (primary N) is 1. The molecule has 3 rings (SSSR count). The highest BCUT2D eigenvalue weighted by atomic mass is 32.2. The molecule has 2 aromatic rings. The van der Waals surface area contributed by atoms with Crippen LogP contribution in [-0.2, 0) is 15.6 Å². The van der Waals surface area contributed by atoms with E-state index in [4.69, 9.17) is 5.73 Å². The molecule has 2 heterocycles. The Labute approximate surface area is 179 Å². The molecule has 8 nitrogen and oxygen atoms in total. The molecule has 0 bridgehead atoms. The Morgan fingerprint density at radius 2 is 1.94 bits per heavy atom. The molecule has 0 radical (unpaired) electrons. The third-order valence-electron chi connectivity index (χ3n) is 5.62. The Balaban J connectivity index is 1.97. The fourth-order valence-electron chi connectivity index (χ4n) is 3.55. The number of sulfonamides is 1. The van der Waals surface area contributed by atoms with Crippen molar-refractivity contribution in [3.63, 3.8) is 0 Å². The van der Waals surface area contributed by atoms with Crippen molar-refractivity contribution in [2.75, 3.05) is 18.9 Å². The normalized spacial score (nSPS) is 25.6. The van der Waals surface area contributed by atoms with Crippen molar-refractivity contribution in [3.05, 3.63) is 59.4 Å². The van der Waals surface area contributed by atoms with Crippen molar-refractivity contribution >= 4 is 21.6 Å². The molecule has 1 aliphatic rings. The molecule has 1 saturated heterocycles. The summed E-state index contributed by atoms with van der Waals surface area (Å²) in [5.41, 5.74) is 5.37. The zero-order chi connectivity index (χ0) is 23.2. The highest BCUT2D eigenvalue weighted by Crippen LogP contribution is 2.35. The molecule has 2 atom stereocenters. The molecule has 0 saturated carbocycles. The third-order valence-corrected chi connectivity index (χ3v) is 8.15. The van der Waals surface area contributed by atoms with E-state index in [1.54, 1.807) is 6.92 Å². The first kappa shape index (κ1) is 23.2. The van der Waals surface area contributed by atoms with Gasteiger partial charge in [0.15, 0.2) is 0 Å². The van der Waals surface area contributed by atoms with Crippen LogP contribution >= 0.6 is 0 Å². The lowest BCUT2D eigenvalue weighted by Gasteiger charge is -2.35. The maximum Gasteiger partial charge on any atom is 0.274 e. The number of benzene rings is 1. The van der Waals surface area contributed by atoms with Gasteiger partial charge in [0.1, 0.15) is 22.1 Å². The number of carbonyl (C=O) groups is 1.